The zero-order valence-corrected chi connectivity index (χ0v) is 26.0. The molecule has 0 spiro atoms. The van der Waals surface area contributed by atoms with E-state index in [9.17, 15) is 4.79 Å². The van der Waals surface area contributed by atoms with Crippen molar-refractivity contribution >= 4 is 59.2 Å². The van der Waals surface area contributed by atoms with Gasteiger partial charge in [0.25, 0.3) is 0 Å². The van der Waals surface area contributed by atoms with Gasteiger partial charge in [-0.05, 0) is 29.7 Å². The predicted molar refractivity (Wildman–Crippen MR) is 166 cm³/mol. The van der Waals surface area contributed by atoms with Crippen molar-refractivity contribution in [3.05, 3.63) is 121 Å². The predicted octanol–water partition coefficient (Wildman–Crippen LogP) is 9.30. The summed E-state index contributed by atoms with van der Waals surface area (Å²) in [5.74, 6) is -0.990. The first-order chi connectivity index (χ1) is 19.3. The largest absolute Gasteiger partial charge is 0.477 e. The van der Waals surface area contributed by atoms with Crippen LogP contribution < -0.4 is 0 Å². The molecule has 3 heterocycles. The molecule has 6 heteroatoms. The molecule has 0 unspecified atom stereocenters. The van der Waals surface area contributed by atoms with E-state index in [4.69, 9.17) is 10.1 Å². The minimum Gasteiger partial charge on any atom is -0.477 e. The van der Waals surface area contributed by atoms with Crippen LogP contribution in [-0.4, -0.2) is 21.0 Å². The number of para-hydroxylation sites is 1. The number of carboxylic acid groups (broad SMARTS) is 1. The second kappa shape index (κ2) is 11.5. The quantitative estimate of drug-likeness (QED) is 0.180. The summed E-state index contributed by atoms with van der Waals surface area (Å²) in [6.45, 7) is 6.84. The molecule has 0 saturated heterocycles. The van der Waals surface area contributed by atoms with Gasteiger partial charge in [-0.3, -0.25) is 4.98 Å². The summed E-state index contributed by atoms with van der Waals surface area (Å²) in [5.41, 5.74) is 4.59. The maximum absolute atomic E-state index is 10.1. The van der Waals surface area contributed by atoms with Crippen molar-refractivity contribution in [2.45, 2.75) is 26.2 Å². The van der Waals surface area contributed by atoms with Crippen molar-refractivity contribution in [3.63, 3.8) is 0 Å². The molecule has 0 aliphatic rings. The van der Waals surface area contributed by atoms with Crippen LogP contribution in [0, 0.1) is 6.07 Å². The molecule has 205 valence electrons. The summed E-state index contributed by atoms with van der Waals surface area (Å²) >= 11 is 1.83. The number of thiophene rings is 1. The molecular weight excluding hydrogens is 705 g/mol. The van der Waals surface area contributed by atoms with Crippen LogP contribution in [0.4, 0.5) is 0 Å². The third-order valence-corrected chi connectivity index (χ3v) is 8.12. The van der Waals surface area contributed by atoms with Crippen molar-refractivity contribution in [3.8, 4) is 11.3 Å². The molecular formula is C35H27IrN2O2S-. The van der Waals surface area contributed by atoms with Crippen molar-refractivity contribution in [1.29, 1.82) is 0 Å². The first-order valence-electron chi connectivity index (χ1n) is 13.1. The van der Waals surface area contributed by atoms with E-state index < -0.39 is 5.97 Å². The first kappa shape index (κ1) is 28.6. The second-order valence-electron chi connectivity index (χ2n) is 10.7. The number of benzene rings is 4. The number of rotatable bonds is 2. The summed E-state index contributed by atoms with van der Waals surface area (Å²) in [4.78, 5) is 18.9. The Kier molecular flexibility index (Phi) is 8.01. The van der Waals surface area contributed by atoms with E-state index in [1.54, 1.807) is 12.1 Å². The Morgan fingerprint density at radius 3 is 2.17 bits per heavy atom. The number of nitrogens with zero attached hydrogens (tertiary/aromatic N) is 2. The van der Waals surface area contributed by atoms with Gasteiger partial charge in [0.05, 0.1) is 5.52 Å². The molecule has 0 fully saturated rings. The van der Waals surface area contributed by atoms with E-state index in [1.807, 2.05) is 11.3 Å². The number of carbonyl (C=O) groups is 1. The second-order valence-corrected chi connectivity index (χ2v) is 11.7. The minimum absolute atomic E-state index is 0. The molecule has 41 heavy (non-hydrogen) atoms. The Balaban J connectivity index is 0.000000291. The third kappa shape index (κ3) is 5.51. The van der Waals surface area contributed by atoms with E-state index in [-0.39, 0.29) is 31.2 Å². The fourth-order valence-corrected chi connectivity index (χ4v) is 6.30. The van der Waals surface area contributed by atoms with Crippen molar-refractivity contribution in [2.75, 3.05) is 0 Å². The Hall–Kier alpha value is -3.96. The maximum Gasteiger partial charge on any atom is 0.354 e. The summed E-state index contributed by atoms with van der Waals surface area (Å²) in [6, 6.07) is 36.5. The number of carboxylic acids is 1. The van der Waals surface area contributed by atoms with Crippen LogP contribution in [0.5, 0.6) is 0 Å². The van der Waals surface area contributed by atoms with Crippen molar-refractivity contribution in [2.24, 2.45) is 0 Å². The van der Waals surface area contributed by atoms with Gasteiger partial charge < -0.3 is 5.11 Å². The molecule has 0 amide bonds. The molecule has 7 aromatic rings. The summed E-state index contributed by atoms with van der Waals surface area (Å²) in [6.07, 6.45) is 1.45. The van der Waals surface area contributed by atoms with Crippen LogP contribution in [-0.2, 0) is 25.5 Å². The van der Waals surface area contributed by atoms with E-state index in [2.05, 4.69) is 111 Å². The summed E-state index contributed by atoms with van der Waals surface area (Å²) < 4.78 is 2.54. The average molecular weight is 732 g/mol. The van der Waals surface area contributed by atoms with Crippen LogP contribution in [0.15, 0.2) is 103 Å². The van der Waals surface area contributed by atoms with Gasteiger partial charge in [-0.15, -0.1) is 40.5 Å². The van der Waals surface area contributed by atoms with Gasteiger partial charge in [-0.25, -0.2) is 9.78 Å². The SMILES string of the molecule is CC(C)(C)c1cc(-c2nc3ccccc3c3c2sc2ccccc23)[c-]c2ccccc12.O=C(O)c1ccccn1.[Ir]. The van der Waals surface area contributed by atoms with Gasteiger partial charge >= 0.3 is 5.97 Å². The number of pyridine rings is 2. The Labute approximate surface area is 256 Å². The van der Waals surface area contributed by atoms with Crippen LogP contribution in [0.2, 0.25) is 0 Å². The monoisotopic (exact) mass is 732 g/mol. The Morgan fingerprint density at radius 2 is 1.49 bits per heavy atom. The molecule has 3 aromatic heterocycles. The summed E-state index contributed by atoms with van der Waals surface area (Å²) in [5, 5.41) is 14.6. The molecule has 0 aliphatic carbocycles. The molecule has 1 radical (unpaired) electrons. The topological polar surface area (TPSA) is 63.1 Å². The molecule has 0 atom stereocenters. The molecule has 4 nitrogen and oxygen atoms in total. The standard InChI is InChI=1S/C29H22NS.C6H5NO2.Ir/c1-29(2,3)23-17-19(16-18-10-4-5-11-20(18)23)27-28-26(21-12-6-8-14-24(21)30-27)22-13-7-9-15-25(22)31-28;8-6(9)5-3-1-2-4-7-5;/h4-15,17H,1-3H3;1-4H,(H,8,9);/q-1;;. The van der Waals surface area contributed by atoms with E-state index in [0.29, 0.717) is 0 Å². The fraction of sp³-hybridized carbons (Fsp3) is 0.114. The smallest absolute Gasteiger partial charge is 0.354 e. The van der Waals surface area contributed by atoms with Crippen molar-refractivity contribution < 1.29 is 30.0 Å². The average Bonchev–Trinajstić information content (AvgIpc) is 3.36. The molecule has 4 aromatic carbocycles. The molecule has 0 saturated carbocycles. The molecule has 7 rings (SSSR count). The fourth-order valence-electron chi connectivity index (χ4n) is 5.08. The Morgan fingerprint density at radius 1 is 0.829 bits per heavy atom. The van der Waals surface area contributed by atoms with Crippen LogP contribution in [0.3, 0.4) is 0 Å². The van der Waals surface area contributed by atoms with Crippen LogP contribution in [0.1, 0.15) is 36.8 Å². The number of aromatic carboxylic acids is 1. The number of fused-ring (bicyclic) bond motifs is 6. The third-order valence-electron chi connectivity index (χ3n) is 6.94. The van der Waals surface area contributed by atoms with E-state index in [0.717, 1.165) is 22.2 Å². The van der Waals surface area contributed by atoms with Crippen molar-refractivity contribution in [1.82, 2.24) is 9.97 Å². The zero-order chi connectivity index (χ0) is 27.9. The summed E-state index contributed by atoms with van der Waals surface area (Å²) in [7, 11) is 0. The Bertz CT molecular complexity index is 2030. The van der Waals surface area contributed by atoms with Crippen LogP contribution in [0.25, 0.3) is 53.1 Å². The van der Waals surface area contributed by atoms with E-state index in [1.165, 1.54) is 48.8 Å². The number of hydrogen-bond acceptors (Lipinski definition) is 4. The maximum atomic E-state index is 10.1. The van der Waals surface area contributed by atoms with Crippen LogP contribution >= 0.6 is 11.3 Å². The first-order valence-corrected chi connectivity index (χ1v) is 13.9. The van der Waals surface area contributed by atoms with Gasteiger partial charge in [-0.1, -0.05) is 92.4 Å². The zero-order valence-electron chi connectivity index (χ0n) is 22.8. The van der Waals surface area contributed by atoms with Gasteiger partial charge in [0.15, 0.2) is 0 Å². The van der Waals surface area contributed by atoms with Gasteiger partial charge in [-0.2, -0.15) is 0 Å². The number of aromatic nitrogens is 2. The number of hydrogen-bond donors (Lipinski definition) is 1. The van der Waals surface area contributed by atoms with Gasteiger partial charge in [0, 0.05) is 57.6 Å². The molecule has 1 N–H and O–H groups in total. The van der Waals surface area contributed by atoms with Gasteiger partial charge in [0.2, 0.25) is 0 Å². The minimum atomic E-state index is -0.990. The van der Waals surface area contributed by atoms with Gasteiger partial charge in [0.1, 0.15) is 5.69 Å². The normalized spacial score (nSPS) is 11.3. The molecule has 0 aliphatic heterocycles. The molecule has 0 bridgehead atoms. The van der Waals surface area contributed by atoms with E-state index >= 15 is 0 Å².